The van der Waals surface area contributed by atoms with Crippen LogP contribution in [0.2, 0.25) is 0 Å². The maximum atomic E-state index is 6.01. The maximum Gasteiger partial charge on any atom is 0.260 e. The number of hydrogen-bond acceptors (Lipinski definition) is 7. The Morgan fingerprint density at radius 2 is 2.25 bits per heavy atom. The first-order valence-electron chi connectivity index (χ1n) is 7.87. The van der Waals surface area contributed by atoms with Crippen molar-refractivity contribution in [1.82, 2.24) is 29.2 Å². The lowest BCUT2D eigenvalue weighted by Crippen LogP contribution is -2.31. The van der Waals surface area contributed by atoms with Gasteiger partial charge in [0, 0.05) is 11.3 Å². The smallest absolute Gasteiger partial charge is 0.260 e. The van der Waals surface area contributed by atoms with Gasteiger partial charge in [-0.2, -0.15) is 9.61 Å². The van der Waals surface area contributed by atoms with E-state index in [1.165, 1.54) is 10.4 Å². The molecule has 0 radical (unpaired) electrons. The van der Waals surface area contributed by atoms with E-state index < -0.39 is 0 Å². The minimum absolute atomic E-state index is 0.166. The van der Waals surface area contributed by atoms with Crippen molar-refractivity contribution in [1.29, 1.82) is 0 Å². The number of nitrogens with zero attached hydrogens (tertiary/aromatic N) is 6. The predicted octanol–water partition coefficient (Wildman–Crippen LogP) is 2.95. The number of rotatable bonds is 2. The first-order chi connectivity index (χ1) is 11.6. The zero-order valence-corrected chi connectivity index (χ0v) is 15.2. The molecule has 0 aliphatic carbocycles. The summed E-state index contributed by atoms with van der Waals surface area (Å²) in [7, 11) is 0. The van der Waals surface area contributed by atoms with E-state index in [1.54, 1.807) is 33.9 Å². The van der Waals surface area contributed by atoms with Crippen molar-refractivity contribution in [2.45, 2.75) is 44.6 Å². The minimum Gasteiger partial charge on any atom is -0.370 e. The van der Waals surface area contributed by atoms with Crippen molar-refractivity contribution in [3.05, 3.63) is 16.8 Å². The SMILES string of the molecule is CCSc1nnc2n3ncnc3c3c4c(sc3n12)COC(C)(C)C4. The zero-order valence-electron chi connectivity index (χ0n) is 13.6. The van der Waals surface area contributed by atoms with Crippen LogP contribution in [0.25, 0.3) is 21.6 Å². The van der Waals surface area contributed by atoms with Gasteiger partial charge in [-0.1, -0.05) is 18.7 Å². The fraction of sp³-hybridized carbons (Fsp3) is 0.467. The quantitative estimate of drug-likeness (QED) is 0.512. The molecule has 0 saturated heterocycles. The van der Waals surface area contributed by atoms with Crippen LogP contribution in [0.4, 0.5) is 0 Å². The number of hydrogen-bond donors (Lipinski definition) is 0. The molecule has 124 valence electrons. The molecule has 4 aromatic heterocycles. The zero-order chi connectivity index (χ0) is 16.5. The van der Waals surface area contributed by atoms with Gasteiger partial charge < -0.3 is 4.74 Å². The summed E-state index contributed by atoms with van der Waals surface area (Å²) in [5.74, 6) is 1.66. The molecule has 1 aliphatic heterocycles. The van der Waals surface area contributed by atoms with Crippen molar-refractivity contribution in [2.75, 3.05) is 5.75 Å². The van der Waals surface area contributed by atoms with Crippen molar-refractivity contribution in [3.63, 3.8) is 0 Å². The highest BCUT2D eigenvalue weighted by Gasteiger charge is 2.32. The lowest BCUT2D eigenvalue weighted by molar-refractivity contribution is -0.0379. The molecule has 0 unspecified atom stereocenters. The second-order valence-corrected chi connectivity index (χ2v) is 8.77. The summed E-state index contributed by atoms with van der Waals surface area (Å²) in [6.45, 7) is 7.03. The standard InChI is InChI=1S/C15H16N6OS2/c1-4-23-14-19-18-13-20(14)12-10(11-16-7-17-21(11)13)8-5-15(2,3)22-6-9(8)24-12/h7H,4-6H2,1-3H3. The van der Waals surface area contributed by atoms with E-state index in [9.17, 15) is 0 Å². The van der Waals surface area contributed by atoms with E-state index in [-0.39, 0.29) is 5.60 Å². The third kappa shape index (κ3) is 1.88. The molecule has 4 aromatic rings. The summed E-state index contributed by atoms with van der Waals surface area (Å²) in [5, 5.41) is 15.2. The molecule has 0 fully saturated rings. The van der Waals surface area contributed by atoms with Crippen molar-refractivity contribution >= 4 is 44.7 Å². The molecule has 1 aliphatic rings. The molecule has 0 amide bonds. The van der Waals surface area contributed by atoms with E-state index in [0.29, 0.717) is 12.4 Å². The average Bonchev–Trinajstić information content (AvgIpc) is 3.21. The molecule has 0 N–H and O–H groups in total. The Labute approximate surface area is 146 Å². The average molecular weight is 360 g/mol. The second kappa shape index (κ2) is 4.90. The number of fused-ring (bicyclic) bond motifs is 8. The van der Waals surface area contributed by atoms with Crippen LogP contribution in [0, 0.1) is 0 Å². The molecular weight excluding hydrogens is 344 g/mol. The van der Waals surface area contributed by atoms with Gasteiger partial charge in [0.15, 0.2) is 10.8 Å². The van der Waals surface area contributed by atoms with Gasteiger partial charge in [0.25, 0.3) is 5.78 Å². The van der Waals surface area contributed by atoms with Gasteiger partial charge in [0.2, 0.25) is 0 Å². The highest BCUT2D eigenvalue weighted by molar-refractivity contribution is 7.99. The summed E-state index contributed by atoms with van der Waals surface area (Å²) >= 11 is 3.44. The fourth-order valence-electron chi connectivity index (χ4n) is 3.29. The van der Waals surface area contributed by atoms with Crippen LogP contribution < -0.4 is 0 Å². The molecule has 0 bridgehead atoms. The Morgan fingerprint density at radius 3 is 3.08 bits per heavy atom. The fourth-order valence-corrected chi connectivity index (χ4v) is 5.23. The third-order valence-corrected chi connectivity index (χ3v) is 6.32. The normalized spacial score (nSPS) is 17.1. The Hall–Kier alpha value is -1.71. The van der Waals surface area contributed by atoms with Gasteiger partial charge >= 0.3 is 0 Å². The van der Waals surface area contributed by atoms with Gasteiger partial charge in [-0.15, -0.1) is 21.5 Å². The van der Waals surface area contributed by atoms with Crippen LogP contribution >= 0.6 is 23.1 Å². The van der Waals surface area contributed by atoms with Crippen LogP contribution in [0.5, 0.6) is 0 Å². The van der Waals surface area contributed by atoms with Gasteiger partial charge in [0.1, 0.15) is 11.2 Å². The van der Waals surface area contributed by atoms with Crippen LogP contribution in [-0.4, -0.2) is 40.6 Å². The van der Waals surface area contributed by atoms with E-state index >= 15 is 0 Å². The molecule has 0 spiro atoms. The molecule has 7 nitrogen and oxygen atoms in total. The molecule has 9 heteroatoms. The van der Waals surface area contributed by atoms with Crippen molar-refractivity contribution in [3.8, 4) is 0 Å². The van der Waals surface area contributed by atoms with E-state index in [2.05, 4.69) is 45.5 Å². The monoisotopic (exact) mass is 360 g/mol. The van der Waals surface area contributed by atoms with Gasteiger partial charge in [-0.25, -0.2) is 9.38 Å². The first kappa shape index (κ1) is 14.6. The highest BCUT2D eigenvalue weighted by Crippen LogP contribution is 2.41. The molecule has 5 heterocycles. The number of thioether (sulfide) groups is 1. The van der Waals surface area contributed by atoms with Gasteiger partial charge in [-0.3, -0.25) is 0 Å². The molecular formula is C15H16N6OS2. The summed E-state index contributed by atoms with van der Waals surface area (Å²) in [4.78, 5) is 6.91. The Kier molecular flexibility index (Phi) is 2.98. The number of aromatic nitrogens is 6. The largest absolute Gasteiger partial charge is 0.370 e. The molecule has 0 aromatic carbocycles. The summed E-state index contributed by atoms with van der Waals surface area (Å²) in [6, 6.07) is 0. The van der Waals surface area contributed by atoms with E-state index in [1.807, 2.05) is 0 Å². The Bertz CT molecular complexity index is 1090. The first-order valence-corrected chi connectivity index (χ1v) is 9.67. The number of ether oxygens (including phenoxy) is 1. The van der Waals surface area contributed by atoms with Gasteiger partial charge in [-0.05, 0) is 25.2 Å². The van der Waals surface area contributed by atoms with E-state index in [0.717, 1.165) is 33.2 Å². The summed E-state index contributed by atoms with van der Waals surface area (Å²) < 4.78 is 9.92. The van der Waals surface area contributed by atoms with Crippen LogP contribution in [0.1, 0.15) is 31.2 Å². The summed E-state index contributed by atoms with van der Waals surface area (Å²) in [6.07, 6.45) is 2.46. The van der Waals surface area contributed by atoms with Crippen LogP contribution in [0.3, 0.4) is 0 Å². The molecule has 0 saturated carbocycles. The predicted molar refractivity (Wildman–Crippen MR) is 93.9 cm³/mol. The number of thiophene rings is 1. The van der Waals surface area contributed by atoms with E-state index in [4.69, 9.17) is 4.74 Å². The minimum atomic E-state index is -0.166. The maximum absolute atomic E-state index is 6.01. The third-order valence-electron chi connectivity index (χ3n) is 4.32. The van der Waals surface area contributed by atoms with Crippen molar-refractivity contribution in [2.24, 2.45) is 0 Å². The molecule has 0 atom stereocenters. The van der Waals surface area contributed by atoms with Crippen LogP contribution in [-0.2, 0) is 17.8 Å². The van der Waals surface area contributed by atoms with Gasteiger partial charge in [0.05, 0.1) is 17.6 Å². The second-order valence-electron chi connectivity index (χ2n) is 6.46. The topological polar surface area (TPSA) is 69.6 Å². The Morgan fingerprint density at radius 1 is 1.38 bits per heavy atom. The molecule has 24 heavy (non-hydrogen) atoms. The summed E-state index contributed by atoms with van der Waals surface area (Å²) in [5.41, 5.74) is 2.02. The van der Waals surface area contributed by atoms with Crippen LogP contribution in [0.15, 0.2) is 11.5 Å². The lowest BCUT2D eigenvalue weighted by atomic mass is 9.94. The molecule has 5 rings (SSSR count). The lowest BCUT2D eigenvalue weighted by Gasteiger charge is -2.30. The Balaban J connectivity index is 1.96. The van der Waals surface area contributed by atoms with Crippen molar-refractivity contribution < 1.29 is 4.74 Å². The highest BCUT2D eigenvalue weighted by atomic mass is 32.2.